The Hall–Kier alpha value is -3.54. The zero-order valence-electron chi connectivity index (χ0n) is 14.4. The van der Waals surface area contributed by atoms with E-state index in [2.05, 4.69) is 0 Å². The van der Waals surface area contributed by atoms with Crippen LogP contribution in [0.3, 0.4) is 0 Å². The number of rotatable bonds is 4. The SMILES string of the molecule is Cc1ccc(/C=C/C(=O)O)cc1C.O=C(O)/C=C/c1ccc(O)c(O)c1. The minimum atomic E-state index is -1.06. The number of aliphatic carboxylic acids is 2. The molecule has 26 heavy (non-hydrogen) atoms. The lowest BCUT2D eigenvalue weighted by Crippen LogP contribution is -1.86. The molecule has 136 valence electrons. The molecule has 6 heteroatoms. The fourth-order valence-electron chi connectivity index (χ4n) is 1.85. The number of phenolic OH excluding ortho intramolecular Hbond substituents is 2. The topological polar surface area (TPSA) is 115 Å². The Labute approximate surface area is 151 Å². The van der Waals surface area contributed by atoms with E-state index in [9.17, 15) is 9.59 Å². The van der Waals surface area contributed by atoms with Gasteiger partial charge in [-0.2, -0.15) is 0 Å². The Balaban J connectivity index is 0.000000260. The zero-order valence-corrected chi connectivity index (χ0v) is 14.4. The molecule has 0 saturated heterocycles. The van der Waals surface area contributed by atoms with Gasteiger partial charge in [-0.25, -0.2) is 9.59 Å². The first-order valence-corrected chi connectivity index (χ1v) is 7.60. The van der Waals surface area contributed by atoms with Gasteiger partial charge in [-0.1, -0.05) is 24.3 Å². The first-order valence-electron chi connectivity index (χ1n) is 7.60. The van der Waals surface area contributed by atoms with E-state index in [4.69, 9.17) is 20.4 Å². The van der Waals surface area contributed by atoms with Crippen molar-refractivity contribution in [3.8, 4) is 11.5 Å². The molecular formula is C20H20O6. The molecule has 0 atom stereocenters. The number of phenols is 2. The molecule has 0 unspecified atom stereocenters. The van der Waals surface area contributed by atoms with Crippen LogP contribution < -0.4 is 0 Å². The number of aromatic hydroxyl groups is 2. The largest absolute Gasteiger partial charge is 0.504 e. The molecule has 0 aliphatic heterocycles. The van der Waals surface area contributed by atoms with Gasteiger partial charge in [0.25, 0.3) is 0 Å². The molecule has 2 aromatic carbocycles. The maximum absolute atomic E-state index is 10.2. The summed E-state index contributed by atoms with van der Waals surface area (Å²) in [7, 11) is 0. The molecule has 0 aliphatic rings. The average molecular weight is 356 g/mol. The van der Waals surface area contributed by atoms with Crippen LogP contribution in [0.1, 0.15) is 22.3 Å². The molecule has 2 aromatic rings. The number of carboxylic acids is 2. The first kappa shape index (κ1) is 20.5. The highest BCUT2D eigenvalue weighted by Crippen LogP contribution is 2.25. The molecule has 0 heterocycles. The molecule has 2 rings (SSSR count). The smallest absolute Gasteiger partial charge is 0.328 e. The number of benzene rings is 2. The number of carbonyl (C=O) groups is 2. The highest BCUT2D eigenvalue weighted by atomic mass is 16.4. The van der Waals surface area contributed by atoms with E-state index >= 15 is 0 Å². The van der Waals surface area contributed by atoms with Crippen molar-refractivity contribution in [1.82, 2.24) is 0 Å². The van der Waals surface area contributed by atoms with Crippen molar-refractivity contribution in [2.45, 2.75) is 13.8 Å². The molecule has 0 bridgehead atoms. The van der Waals surface area contributed by atoms with Gasteiger partial charge in [0, 0.05) is 12.2 Å². The van der Waals surface area contributed by atoms with E-state index in [-0.39, 0.29) is 11.5 Å². The molecule has 0 saturated carbocycles. The second-order valence-electron chi connectivity index (χ2n) is 5.43. The number of carboxylic acid groups (broad SMARTS) is 2. The van der Waals surface area contributed by atoms with Crippen LogP contribution in [0.2, 0.25) is 0 Å². The van der Waals surface area contributed by atoms with Crippen LogP contribution in [0.15, 0.2) is 48.6 Å². The van der Waals surface area contributed by atoms with Gasteiger partial charge in [0.15, 0.2) is 11.5 Å². The van der Waals surface area contributed by atoms with Gasteiger partial charge in [0.1, 0.15) is 0 Å². The summed E-state index contributed by atoms with van der Waals surface area (Å²) >= 11 is 0. The van der Waals surface area contributed by atoms with Crippen LogP contribution in [0, 0.1) is 13.8 Å². The summed E-state index contributed by atoms with van der Waals surface area (Å²) in [6, 6.07) is 9.91. The number of hydrogen-bond donors (Lipinski definition) is 4. The summed E-state index contributed by atoms with van der Waals surface area (Å²) in [6.45, 7) is 4.04. The molecule has 0 fully saturated rings. The molecule has 0 amide bonds. The Morgan fingerprint density at radius 2 is 1.23 bits per heavy atom. The van der Waals surface area contributed by atoms with Gasteiger partial charge in [-0.05, 0) is 60.4 Å². The maximum Gasteiger partial charge on any atom is 0.328 e. The minimum Gasteiger partial charge on any atom is -0.504 e. The highest BCUT2D eigenvalue weighted by molar-refractivity contribution is 5.85. The maximum atomic E-state index is 10.2. The molecule has 0 spiro atoms. The second-order valence-corrected chi connectivity index (χ2v) is 5.43. The van der Waals surface area contributed by atoms with E-state index in [0.717, 1.165) is 17.7 Å². The summed E-state index contributed by atoms with van der Waals surface area (Å²) in [6.07, 6.45) is 5.01. The average Bonchev–Trinajstić information content (AvgIpc) is 2.57. The quantitative estimate of drug-likeness (QED) is 0.491. The first-order chi connectivity index (χ1) is 12.2. The van der Waals surface area contributed by atoms with Gasteiger partial charge in [0.2, 0.25) is 0 Å². The van der Waals surface area contributed by atoms with Crippen molar-refractivity contribution in [2.75, 3.05) is 0 Å². The van der Waals surface area contributed by atoms with Gasteiger partial charge in [0.05, 0.1) is 0 Å². The lowest BCUT2D eigenvalue weighted by atomic mass is 10.1. The van der Waals surface area contributed by atoms with Crippen LogP contribution in [0.5, 0.6) is 11.5 Å². The second kappa shape index (κ2) is 9.68. The van der Waals surface area contributed by atoms with Crippen molar-refractivity contribution in [3.63, 3.8) is 0 Å². The van der Waals surface area contributed by atoms with Gasteiger partial charge >= 0.3 is 11.9 Å². The fourth-order valence-corrected chi connectivity index (χ4v) is 1.85. The van der Waals surface area contributed by atoms with E-state index in [1.165, 1.54) is 35.4 Å². The molecule has 0 aliphatic carbocycles. The van der Waals surface area contributed by atoms with Gasteiger partial charge in [-0.3, -0.25) is 0 Å². The number of aryl methyl sites for hydroxylation is 2. The van der Waals surface area contributed by atoms with Crippen LogP contribution in [-0.4, -0.2) is 32.4 Å². The normalized spacial score (nSPS) is 10.5. The third kappa shape index (κ3) is 7.35. The lowest BCUT2D eigenvalue weighted by molar-refractivity contribution is -0.132. The van der Waals surface area contributed by atoms with Gasteiger partial charge < -0.3 is 20.4 Å². The lowest BCUT2D eigenvalue weighted by Gasteiger charge is -1.99. The summed E-state index contributed by atoms with van der Waals surface area (Å²) in [4.78, 5) is 20.4. The molecule has 0 radical (unpaired) electrons. The standard InChI is InChI=1S/C11H12O2.C9H8O4/c1-8-3-4-10(7-9(8)2)5-6-11(12)13;10-7-3-1-6(5-8(7)11)2-4-9(12)13/h3-7H,1-2H3,(H,12,13);1-5,10-11H,(H,12,13)/b6-5+;4-2+. The minimum absolute atomic E-state index is 0.229. The van der Waals surface area contributed by atoms with E-state index < -0.39 is 11.9 Å². The van der Waals surface area contributed by atoms with Crippen molar-refractivity contribution in [2.24, 2.45) is 0 Å². The van der Waals surface area contributed by atoms with E-state index in [1.807, 2.05) is 32.0 Å². The van der Waals surface area contributed by atoms with Crippen LogP contribution in [-0.2, 0) is 9.59 Å². The summed E-state index contributed by atoms with van der Waals surface area (Å²) in [5.74, 6) is -2.48. The Kier molecular flexibility index (Phi) is 7.64. The van der Waals surface area contributed by atoms with Crippen LogP contribution in [0.4, 0.5) is 0 Å². The molecule has 0 aromatic heterocycles. The summed E-state index contributed by atoms with van der Waals surface area (Å²) in [5, 5.41) is 34.7. The third-order valence-electron chi connectivity index (χ3n) is 3.37. The predicted molar refractivity (Wildman–Crippen MR) is 99.0 cm³/mol. The molecule has 4 N–H and O–H groups in total. The van der Waals surface area contributed by atoms with Crippen LogP contribution >= 0.6 is 0 Å². The predicted octanol–water partition coefficient (Wildman–Crippen LogP) is 3.60. The highest BCUT2D eigenvalue weighted by Gasteiger charge is 1.98. The Morgan fingerprint density at radius 1 is 0.731 bits per heavy atom. The Bertz CT molecular complexity index is 778. The van der Waals surface area contributed by atoms with Crippen molar-refractivity contribution in [3.05, 3.63) is 70.8 Å². The Morgan fingerprint density at radius 3 is 1.69 bits per heavy atom. The van der Waals surface area contributed by atoms with Crippen molar-refractivity contribution >= 4 is 24.1 Å². The van der Waals surface area contributed by atoms with E-state index in [1.54, 1.807) is 6.08 Å². The molecule has 6 nitrogen and oxygen atoms in total. The zero-order chi connectivity index (χ0) is 19.7. The summed E-state index contributed by atoms with van der Waals surface area (Å²) < 4.78 is 0. The van der Waals surface area contributed by atoms with E-state index in [0.29, 0.717) is 5.56 Å². The fraction of sp³-hybridized carbons (Fsp3) is 0.100. The number of hydrogen-bond acceptors (Lipinski definition) is 4. The molecular weight excluding hydrogens is 336 g/mol. The monoisotopic (exact) mass is 356 g/mol. The third-order valence-corrected chi connectivity index (χ3v) is 3.37. The van der Waals surface area contributed by atoms with Crippen LogP contribution in [0.25, 0.3) is 12.2 Å². The van der Waals surface area contributed by atoms with Crippen molar-refractivity contribution in [1.29, 1.82) is 0 Å². The van der Waals surface area contributed by atoms with Gasteiger partial charge in [-0.15, -0.1) is 0 Å². The van der Waals surface area contributed by atoms with Crippen molar-refractivity contribution < 1.29 is 30.0 Å². The summed E-state index contributed by atoms with van der Waals surface area (Å²) in [5.41, 5.74) is 3.82.